The summed E-state index contributed by atoms with van der Waals surface area (Å²) in [6, 6.07) is 16.5. The number of benzene rings is 2. The molecule has 0 aliphatic heterocycles. The van der Waals surface area contributed by atoms with Crippen LogP contribution in [0, 0.1) is 6.92 Å². The van der Waals surface area contributed by atoms with Gasteiger partial charge in [-0.3, -0.25) is 4.79 Å². The van der Waals surface area contributed by atoms with Gasteiger partial charge >= 0.3 is 6.03 Å². The molecule has 0 unspecified atom stereocenters. The Bertz CT molecular complexity index is 1240. The number of carbonyl (C=O) groups excluding carboxylic acids is 2. The number of rotatable bonds is 13. The van der Waals surface area contributed by atoms with Crippen molar-refractivity contribution in [3.05, 3.63) is 82.6 Å². The van der Waals surface area contributed by atoms with Gasteiger partial charge in [-0.15, -0.1) is 17.9 Å². The van der Waals surface area contributed by atoms with Gasteiger partial charge in [0.25, 0.3) is 0 Å². The van der Waals surface area contributed by atoms with Crippen molar-refractivity contribution in [1.82, 2.24) is 9.80 Å². The van der Waals surface area contributed by atoms with Gasteiger partial charge in [-0.1, -0.05) is 24.3 Å². The van der Waals surface area contributed by atoms with Crippen molar-refractivity contribution in [3.8, 4) is 17.2 Å². The van der Waals surface area contributed by atoms with Crippen LogP contribution in [0.3, 0.4) is 0 Å². The first kappa shape index (κ1) is 28.6. The monoisotopic (exact) mass is 537 g/mol. The third kappa shape index (κ3) is 7.76. The van der Waals surface area contributed by atoms with Gasteiger partial charge in [0.2, 0.25) is 5.91 Å². The van der Waals surface area contributed by atoms with E-state index in [4.69, 9.17) is 14.2 Å². The Hall–Kier alpha value is -3.98. The zero-order valence-corrected chi connectivity index (χ0v) is 23.2. The van der Waals surface area contributed by atoms with E-state index in [0.29, 0.717) is 42.4 Å². The Morgan fingerprint density at radius 3 is 2.34 bits per heavy atom. The topological polar surface area (TPSA) is 80.3 Å². The molecule has 0 radical (unpaired) electrons. The number of ether oxygens (including phenoxy) is 3. The fraction of sp³-hybridized carbons (Fsp3) is 0.310. The molecule has 0 atom stereocenters. The maximum atomic E-state index is 13.6. The van der Waals surface area contributed by atoms with Crippen molar-refractivity contribution in [2.24, 2.45) is 0 Å². The molecule has 0 aliphatic carbocycles. The highest BCUT2D eigenvalue weighted by Gasteiger charge is 2.22. The molecule has 38 heavy (non-hydrogen) atoms. The second kappa shape index (κ2) is 14.1. The summed E-state index contributed by atoms with van der Waals surface area (Å²) in [7, 11) is 4.74. The fourth-order valence-electron chi connectivity index (χ4n) is 3.93. The summed E-state index contributed by atoms with van der Waals surface area (Å²) in [6.45, 7) is 6.86. The number of amides is 3. The number of carbonyl (C=O) groups is 2. The molecule has 2 aromatic carbocycles. The molecule has 3 amide bonds. The lowest BCUT2D eigenvalue weighted by Crippen LogP contribution is -2.44. The van der Waals surface area contributed by atoms with E-state index in [-0.39, 0.29) is 19.0 Å². The summed E-state index contributed by atoms with van der Waals surface area (Å²) >= 11 is 1.65. The number of para-hydroxylation sites is 2. The molecule has 202 valence electrons. The number of methoxy groups -OCH3 is 3. The van der Waals surface area contributed by atoms with E-state index >= 15 is 0 Å². The minimum absolute atomic E-state index is 0.0940. The van der Waals surface area contributed by atoms with Gasteiger partial charge in [0, 0.05) is 22.8 Å². The molecule has 3 aromatic rings. The summed E-state index contributed by atoms with van der Waals surface area (Å²) in [5.41, 5.74) is 1.54. The number of anilines is 1. The number of thiophene rings is 1. The lowest BCUT2D eigenvalue weighted by molar-refractivity contribution is -0.132. The standard InChI is InChI=1S/C29H35N3O5S/c1-6-16-32(29(34)30-24-9-7-8-10-25(24)35-3)20-28(33)31(19-23-13-11-21(2)38-23)17-15-22-12-14-26(36-4)27(18-22)37-5/h6-14,18H,1,15-17,19-20H2,2-5H3,(H,30,34). The zero-order chi connectivity index (χ0) is 27.5. The quantitative estimate of drug-likeness (QED) is 0.297. The molecule has 1 N–H and O–H groups in total. The van der Waals surface area contributed by atoms with E-state index in [1.807, 2.05) is 43.3 Å². The number of nitrogens with zero attached hydrogens (tertiary/aromatic N) is 2. The average Bonchev–Trinajstić information content (AvgIpc) is 3.35. The Kier molecular flexibility index (Phi) is 10.6. The van der Waals surface area contributed by atoms with Crippen LogP contribution in [0.25, 0.3) is 0 Å². The van der Waals surface area contributed by atoms with Crippen LogP contribution < -0.4 is 19.5 Å². The summed E-state index contributed by atoms with van der Waals surface area (Å²) in [4.78, 5) is 32.2. The zero-order valence-electron chi connectivity index (χ0n) is 22.4. The molecule has 0 saturated heterocycles. The summed E-state index contributed by atoms with van der Waals surface area (Å²) in [5.74, 6) is 1.67. The van der Waals surface area contributed by atoms with Crippen molar-refractivity contribution >= 4 is 29.0 Å². The van der Waals surface area contributed by atoms with Gasteiger partial charge in [0.15, 0.2) is 11.5 Å². The largest absolute Gasteiger partial charge is 0.495 e. The Morgan fingerprint density at radius 1 is 0.947 bits per heavy atom. The van der Waals surface area contributed by atoms with Crippen LogP contribution in [0.4, 0.5) is 10.5 Å². The van der Waals surface area contributed by atoms with Gasteiger partial charge in [0.1, 0.15) is 12.3 Å². The molecule has 0 spiro atoms. The predicted molar refractivity (Wildman–Crippen MR) is 152 cm³/mol. The summed E-state index contributed by atoms with van der Waals surface area (Å²) in [5, 5.41) is 2.84. The SMILES string of the molecule is C=CCN(CC(=O)N(CCc1ccc(OC)c(OC)c1)Cc1ccc(C)s1)C(=O)Nc1ccccc1OC. The molecule has 9 heteroatoms. The van der Waals surface area contributed by atoms with Crippen LogP contribution in [0.2, 0.25) is 0 Å². The maximum Gasteiger partial charge on any atom is 0.322 e. The third-order valence-electron chi connectivity index (χ3n) is 5.93. The number of aryl methyl sites for hydroxylation is 1. The second-order valence-electron chi connectivity index (χ2n) is 8.57. The summed E-state index contributed by atoms with van der Waals surface area (Å²) in [6.07, 6.45) is 2.22. The second-order valence-corrected chi connectivity index (χ2v) is 9.94. The fourth-order valence-corrected chi connectivity index (χ4v) is 4.84. The van der Waals surface area contributed by atoms with Crippen LogP contribution in [0.15, 0.2) is 67.3 Å². The normalized spacial score (nSPS) is 10.4. The molecule has 0 bridgehead atoms. The smallest absolute Gasteiger partial charge is 0.322 e. The van der Waals surface area contributed by atoms with Crippen LogP contribution in [0.1, 0.15) is 15.3 Å². The van der Waals surface area contributed by atoms with Gasteiger partial charge in [-0.25, -0.2) is 4.79 Å². The molecule has 1 heterocycles. The molecule has 0 saturated carbocycles. The molecule has 3 rings (SSSR count). The highest BCUT2D eigenvalue weighted by molar-refractivity contribution is 7.11. The highest BCUT2D eigenvalue weighted by Crippen LogP contribution is 2.28. The van der Waals surface area contributed by atoms with Gasteiger partial charge in [0.05, 0.1) is 33.6 Å². The van der Waals surface area contributed by atoms with Gasteiger partial charge in [-0.05, 0) is 55.3 Å². The summed E-state index contributed by atoms with van der Waals surface area (Å²) < 4.78 is 16.1. The maximum absolute atomic E-state index is 13.6. The first-order valence-electron chi connectivity index (χ1n) is 12.2. The van der Waals surface area contributed by atoms with Crippen LogP contribution in [0.5, 0.6) is 17.2 Å². The Balaban J connectivity index is 1.76. The van der Waals surface area contributed by atoms with Crippen LogP contribution >= 0.6 is 11.3 Å². The van der Waals surface area contributed by atoms with Gasteiger partial charge < -0.3 is 29.3 Å². The minimum atomic E-state index is -0.408. The van der Waals surface area contributed by atoms with Gasteiger partial charge in [-0.2, -0.15) is 0 Å². The highest BCUT2D eigenvalue weighted by atomic mass is 32.1. The van der Waals surface area contributed by atoms with E-state index in [9.17, 15) is 9.59 Å². The van der Waals surface area contributed by atoms with Crippen LogP contribution in [-0.4, -0.2) is 62.7 Å². The molecule has 0 aliphatic rings. The molecule has 8 nitrogen and oxygen atoms in total. The third-order valence-corrected chi connectivity index (χ3v) is 6.91. The van der Waals surface area contributed by atoms with Crippen molar-refractivity contribution in [2.45, 2.75) is 19.9 Å². The number of urea groups is 1. The number of hydrogen-bond donors (Lipinski definition) is 1. The number of hydrogen-bond acceptors (Lipinski definition) is 6. The minimum Gasteiger partial charge on any atom is -0.495 e. The van der Waals surface area contributed by atoms with E-state index in [0.717, 1.165) is 10.4 Å². The van der Waals surface area contributed by atoms with E-state index in [2.05, 4.69) is 11.9 Å². The van der Waals surface area contributed by atoms with Crippen molar-refractivity contribution < 1.29 is 23.8 Å². The molecule has 1 aromatic heterocycles. The Morgan fingerprint density at radius 2 is 1.68 bits per heavy atom. The van der Waals surface area contributed by atoms with Crippen molar-refractivity contribution in [1.29, 1.82) is 0 Å². The molecular formula is C29H35N3O5S. The first-order chi connectivity index (χ1) is 18.4. The van der Waals surface area contributed by atoms with E-state index in [1.54, 1.807) is 61.8 Å². The molecular weight excluding hydrogens is 502 g/mol. The first-order valence-corrected chi connectivity index (χ1v) is 13.0. The predicted octanol–water partition coefficient (Wildman–Crippen LogP) is 5.37. The van der Waals surface area contributed by atoms with Crippen molar-refractivity contribution in [2.75, 3.05) is 46.3 Å². The van der Waals surface area contributed by atoms with E-state index in [1.165, 1.54) is 9.78 Å². The lowest BCUT2D eigenvalue weighted by Gasteiger charge is -2.27. The number of nitrogens with one attached hydrogen (secondary N) is 1. The lowest BCUT2D eigenvalue weighted by atomic mass is 10.1. The van der Waals surface area contributed by atoms with Crippen molar-refractivity contribution in [3.63, 3.8) is 0 Å². The average molecular weight is 538 g/mol. The van der Waals surface area contributed by atoms with E-state index < -0.39 is 6.03 Å². The van der Waals surface area contributed by atoms with Crippen LogP contribution in [-0.2, 0) is 17.8 Å². The Labute approximate surface area is 228 Å². The molecule has 0 fully saturated rings.